The van der Waals surface area contributed by atoms with E-state index >= 15 is 0 Å². The molecule has 1 rings (SSSR count). The number of nitrogens with one attached hydrogen (secondary N) is 1. The Morgan fingerprint density at radius 1 is 1.26 bits per heavy atom. The van der Waals surface area contributed by atoms with Crippen molar-refractivity contribution in [1.29, 1.82) is 0 Å². The fraction of sp³-hybridized carbons (Fsp3) is 0.462. The summed E-state index contributed by atoms with van der Waals surface area (Å²) in [4.78, 5) is 10.6. The number of methoxy groups -OCH3 is 2. The lowest BCUT2D eigenvalue weighted by Crippen LogP contribution is -2.29. The maximum atomic E-state index is 10.6. The number of amides is 1. The highest BCUT2D eigenvalue weighted by atomic mass is 16.7. The van der Waals surface area contributed by atoms with Crippen LogP contribution >= 0.6 is 0 Å². The summed E-state index contributed by atoms with van der Waals surface area (Å²) in [6.07, 6.45) is -0.252. The maximum Gasteiger partial charge on any atom is 0.255 e. The highest BCUT2D eigenvalue weighted by molar-refractivity contribution is 5.75. The van der Waals surface area contributed by atoms with Crippen LogP contribution in [0.3, 0.4) is 0 Å². The predicted molar refractivity (Wildman–Crippen MR) is 70.6 cm³/mol. The van der Waals surface area contributed by atoms with Gasteiger partial charge < -0.3 is 25.3 Å². The summed E-state index contributed by atoms with van der Waals surface area (Å²) in [6, 6.07) is 7.42. The average Bonchev–Trinajstić information content (AvgIpc) is 2.42. The summed E-state index contributed by atoms with van der Waals surface area (Å²) in [5.41, 5.74) is 6.09. The topological polar surface area (TPSA) is 82.8 Å². The van der Waals surface area contributed by atoms with E-state index < -0.39 is 5.91 Å². The smallest absolute Gasteiger partial charge is 0.255 e. The molecule has 1 aromatic rings. The second-order valence-corrected chi connectivity index (χ2v) is 3.93. The van der Waals surface area contributed by atoms with Crippen molar-refractivity contribution in [3.63, 3.8) is 0 Å². The number of hydrogen-bond donors (Lipinski definition) is 2. The van der Waals surface area contributed by atoms with Crippen molar-refractivity contribution in [2.24, 2.45) is 5.73 Å². The van der Waals surface area contributed by atoms with Crippen LogP contribution in [0, 0.1) is 0 Å². The van der Waals surface area contributed by atoms with Gasteiger partial charge in [-0.25, -0.2) is 0 Å². The van der Waals surface area contributed by atoms with E-state index in [0.29, 0.717) is 18.8 Å². The third-order valence-corrected chi connectivity index (χ3v) is 2.47. The molecule has 1 aromatic carbocycles. The molecule has 0 unspecified atom stereocenters. The van der Waals surface area contributed by atoms with E-state index in [1.807, 2.05) is 12.1 Å². The Kier molecular flexibility index (Phi) is 6.88. The predicted octanol–water partition coefficient (Wildman–Crippen LogP) is 0.259. The summed E-state index contributed by atoms with van der Waals surface area (Å²) >= 11 is 0. The Bertz CT molecular complexity index is 377. The molecule has 106 valence electrons. The standard InChI is InChI=1S/C13H20N2O4/c1-17-13(18-2)8-15-7-10-3-5-11(6-4-10)19-9-12(14)16/h3-6,13,15H,7-9H2,1-2H3,(H2,14,16). The molecular weight excluding hydrogens is 248 g/mol. The molecule has 0 heterocycles. The van der Waals surface area contributed by atoms with Crippen molar-refractivity contribution in [3.8, 4) is 5.75 Å². The monoisotopic (exact) mass is 268 g/mol. The van der Waals surface area contributed by atoms with Crippen molar-refractivity contribution in [2.45, 2.75) is 12.8 Å². The Balaban J connectivity index is 2.33. The van der Waals surface area contributed by atoms with E-state index in [2.05, 4.69) is 5.32 Å². The molecule has 0 aliphatic carbocycles. The Labute approximate surface area is 112 Å². The first-order chi connectivity index (χ1) is 9.15. The van der Waals surface area contributed by atoms with Gasteiger partial charge in [0, 0.05) is 27.3 Å². The summed E-state index contributed by atoms with van der Waals surface area (Å²) in [7, 11) is 3.20. The lowest BCUT2D eigenvalue weighted by atomic mass is 10.2. The molecule has 0 fully saturated rings. The minimum atomic E-state index is -0.490. The van der Waals surface area contributed by atoms with E-state index in [-0.39, 0.29) is 12.9 Å². The Morgan fingerprint density at radius 2 is 1.89 bits per heavy atom. The van der Waals surface area contributed by atoms with Crippen LogP contribution in [0.5, 0.6) is 5.75 Å². The molecular formula is C13H20N2O4. The molecule has 19 heavy (non-hydrogen) atoms. The van der Waals surface area contributed by atoms with Gasteiger partial charge in [-0.05, 0) is 17.7 Å². The second-order valence-electron chi connectivity index (χ2n) is 3.93. The fourth-order valence-corrected chi connectivity index (χ4v) is 1.46. The quantitative estimate of drug-likeness (QED) is 0.628. The van der Waals surface area contributed by atoms with Gasteiger partial charge in [0.1, 0.15) is 5.75 Å². The lowest BCUT2D eigenvalue weighted by molar-refractivity contribution is -0.119. The van der Waals surface area contributed by atoms with E-state index in [9.17, 15) is 4.79 Å². The summed E-state index contributed by atoms with van der Waals surface area (Å²) < 4.78 is 15.3. The zero-order chi connectivity index (χ0) is 14.1. The van der Waals surface area contributed by atoms with Crippen LogP contribution in [-0.4, -0.2) is 39.6 Å². The highest BCUT2D eigenvalue weighted by Gasteiger charge is 2.03. The van der Waals surface area contributed by atoms with E-state index in [4.69, 9.17) is 19.9 Å². The largest absolute Gasteiger partial charge is 0.484 e. The molecule has 6 heteroatoms. The van der Waals surface area contributed by atoms with Gasteiger partial charge in [0.15, 0.2) is 12.9 Å². The maximum absolute atomic E-state index is 10.6. The molecule has 1 amide bonds. The molecule has 0 bridgehead atoms. The molecule has 0 atom stereocenters. The minimum Gasteiger partial charge on any atom is -0.484 e. The number of nitrogens with two attached hydrogens (primary N) is 1. The zero-order valence-corrected chi connectivity index (χ0v) is 11.2. The van der Waals surface area contributed by atoms with Crippen LogP contribution in [0.2, 0.25) is 0 Å². The van der Waals surface area contributed by atoms with Gasteiger partial charge in [0.05, 0.1) is 0 Å². The van der Waals surface area contributed by atoms with Gasteiger partial charge in [-0.1, -0.05) is 12.1 Å². The van der Waals surface area contributed by atoms with Crippen molar-refractivity contribution in [3.05, 3.63) is 29.8 Å². The molecule has 0 radical (unpaired) electrons. The molecule has 0 saturated carbocycles. The number of ether oxygens (including phenoxy) is 3. The molecule has 0 aromatic heterocycles. The molecule has 0 aliphatic heterocycles. The summed E-state index contributed by atoms with van der Waals surface area (Å²) in [5, 5.41) is 3.21. The third kappa shape index (κ3) is 6.19. The van der Waals surface area contributed by atoms with Crippen LogP contribution in [0.1, 0.15) is 5.56 Å². The highest BCUT2D eigenvalue weighted by Crippen LogP contribution is 2.11. The third-order valence-electron chi connectivity index (χ3n) is 2.47. The first-order valence-electron chi connectivity index (χ1n) is 5.92. The van der Waals surface area contributed by atoms with E-state index in [0.717, 1.165) is 5.56 Å². The van der Waals surface area contributed by atoms with Gasteiger partial charge in [-0.3, -0.25) is 4.79 Å². The summed E-state index contributed by atoms with van der Waals surface area (Å²) in [5.74, 6) is 0.130. The lowest BCUT2D eigenvalue weighted by Gasteiger charge is -2.14. The van der Waals surface area contributed by atoms with Crippen LogP contribution < -0.4 is 15.8 Å². The number of hydrogen-bond acceptors (Lipinski definition) is 5. The van der Waals surface area contributed by atoms with Crippen LogP contribution in [0.4, 0.5) is 0 Å². The molecule has 3 N–H and O–H groups in total. The van der Waals surface area contributed by atoms with Gasteiger partial charge in [0.2, 0.25) is 0 Å². The normalized spacial score (nSPS) is 10.7. The number of carbonyl (C=O) groups excluding carboxylic acids is 1. The van der Waals surface area contributed by atoms with Gasteiger partial charge >= 0.3 is 0 Å². The van der Waals surface area contributed by atoms with Crippen LogP contribution in [-0.2, 0) is 20.8 Å². The first-order valence-corrected chi connectivity index (χ1v) is 5.92. The number of benzene rings is 1. The average molecular weight is 268 g/mol. The van der Waals surface area contributed by atoms with E-state index in [1.165, 1.54) is 0 Å². The van der Waals surface area contributed by atoms with Crippen LogP contribution in [0.25, 0.3) is 0 Å². The SMILES string of the molecule is COC(CNCc1ccc(OCC(N)=O)cc1)OC. The zero-order valence-electron chi connectivity index (χ0n) is 11.2. The number of primary amides is 1. The van der Waals surface area contributed by atoms with Crippen LogP contribution in [0.15, 0.2) is 24.3 Å². The molecule has 6 nitrogen and oxygen atoms in total. The molecule has 0 aliphatic rings. The van der Waals surface area contributed by atoms with Crippen molar-refractivity contribution in [2.75, 3.05) is 27.4 Å². The molecule has 0 spiro atoms. The fourth-order valence-electron chi connectivity index (χ4n) is 1.46. The number of carbonyl (C=O) groups is 1. The van der Waals surface area contributed by atoms with E-state index in [1.54, 1.807) is 26.4 Å². The Hall–Kier alpha value is -1.63. The second kappa shape index (κ2) is 8.47. The van der Waals surface area contributed by atoms with Gasteiger partial charge in [0.25, 0.3) is 5.91 Å². The van der Waals surface area contributed by atoms with Gasteiger partial charge in [-0.2, -0.15) is 0 Å². The van der Waals surface area contributed by atoms with Crippen molar-refractivity contribution >= 4 is 5.91 Å². The number of rotatable bonds is 9. The van der Waals surface area contributed by atoms with Gasteiger partial charge in [-0.15, -0.1) is 0 Å². The van der Waals surface area contributed by atoms with Crippen molar-refractivity contribution < 1.29 is 19.0 Å². The first kappa shape index (κ1) is 15.4. The van der Waals surface area contributed by atoms with Crippen molar-refractivity contribution in [1.82, 2.24) is 5.32 Å². The summed E-state index contributed by atoms with van der Waals surface area (Å²) in [6.45, 7) is 1.19. The molecule has 0 saturated heterocycles. The Morgan fingerprint density at radius 3 is 2.42 bits per heavy atom. The minimum absolute atomic E-state index is 0.110.